The summed E-state index contributed by atoms with van der Waals surface area (Å²) < 4.78 is 5.30. The van der Waals surface area contributed by atoms with Gasteiger partial charge in [0.05, 0.1) is 18.1 Å². The SMILES string of the molecule is CNC(=O)C1COCCN1c1cc(N)cc([N+](=O)[O-])c1. The third kappa shape index (κ3) is 2.80. The minimum Gasteiger partial charge on any atom is -0.398 e. The van der Waals surface area contributed by atoms with E-state index in [2.05, 4.69) is 5.32 Å². The zero-order valence-corrected chi connectivity index (χ0v) is 11.0. The van der Waals surface area contributed by atoms with E-state index in [1.54, 1.807) is 11.0 Å². The molecule has 0 radical (unpaired) electrons. The first kappa shape index (κ1) is 14.1. The van der Waals surface area contributed by atoms with E-state index in [0.29, 0.717) is 18.8 Å². The Labute approximate surface area is 115 Å². The Kier molecular flexibility index (Phi) is 4.04. The molecule has 2 rings (SSSR count). The number of nitrogen functional groups attached to an aromatic ring is 1. The number of ether oxygens (including phenoxy) is 1. The van der Waals surface area contributed by atoms with Crippen molar-refractivity contribution >= 4 is 23.0 Å². The van der Waals surface area contributed by atoms with Crippen molar-refractivity contribution in [3.8, 4) is 0 Å². The highest BCUT2D eigenvalue weighted by Gasteiger charge is 2.30. The zero-order chi connectivity index (χ0) is 14.7. The maximum absolute atomic E-state index is 11.9. The van der Waals surface area contributed by atoms with Gasteiger partial charge in [-0.2, -0.15) is 0 Å². The minimum absolute atomic E-state index is 0.0952. The largest absolute Gasteiger partial charge is 0.398 e. The Morgan fingerprint density at radius 2 is 2.30 bits per heavy atom. The van der Waals surface area contributed by atoms with E-state index >= 15 is 0 Å². The molecule has 1 atom stereocenters. The molecule has 1 aliphatic heterocycles. The average Bonchev–Trinajstić information content (AvgIpc) is 2.45. The molecule has 1 aromatic carbocycles. The number of hydrogen-bond donors (Lipinski definition) is 2. The molecule has 1 aliphatic rings. The van der Waals surface area contributed by atoms with E-state index in [0.717, 1.165) is 0 Å². The number of morpholine rings is 1. The third-order valence-electron chi connectivity index (χ3n) is 3.14. The van der Waals surface area contributed by atoms with Crippen LogP contribution in [0.1, 0.15) is 0 Å². The van der Waals surface area contributed by atoms with Gasteiger partial charge in [0.2, 0.25) is 5.91 Å². The lowest BCUT2D eigenvalue weighted by molar-refractivity contribution is -0.384. The molecule has 0 bridgehead atoms. The van der Waals surface area contributed by atoms with Crippen LogP contribution in [-0.4, -0.2) is 43.7 Å². The monoisotopic (exact) mass is 280 g/mol. The quantitative estimate of drug-likeness (QED) is 0.462. The summed E-state index contributed by atoms with van der Waals surface area (Å²) in [5, 5.41) is 13.4. The van der Waals surface area contributed by atoms with E-state index in [4.69, 9.17) is 10.5 Å². The fraction of sp³-hybridized carbons (Fsp3) is 0.417. The number of nitro benzene ring substituents is 1. The van der Waals surface area contributed by atoms with E-state index in [1.165, 1.54) is 19.2 Å². The van der Waals surface area contributed by atoms with Crippen LogP contribution in [-0.2, 0) is 9.53 Å². The Hall–Kier alpha value is -2.35. The van der Waals surface area contributed by atoms with Crippen LogP contribution in [0.4, 0.5) is 17.1 Å². The lowest BCUT2D eigenvalue weighted by atomic mass is 10.1. The molecule has 0 aromatic heterocycles. The maximum Gasteiger partial charge on any atom is 0.273 e. The van der Waals surface area contributed by atoms with Crippen LogP contribution in [0, 0.1) is 10.1 Å². The number of hydrogen-bond acceptors (Lipinski definition) is 6. The van der Waals surface area contributed by atoms with Crippen molar-refractivity contribution in [1.29, 1.82) is 0 Å². The standard InChI is InChI=1S/C12H16N4O4/c1-14-12(17)11-7-20-3-2-15(11)9-4-8(13)5-10(6-9)16(18)19/h4-6,11H,2-3,7,13H2,1H3,(H,14,17). The molecule has 108 valence electrons. The molecular formula is C12H16N4O4. The highest BCUT2D eigenvalue weighted by atomic mass is 16.6. The van der Waals surface area contributed by atoms with Crippen molar-refractivity contribution in [3.63, 3.8) is 0 Å². The molecule has 1 aromatic rings. The third-order valence-corrected chi connectivity index (χ3v) is 3.14. The van der Waals surface area contributed by atoms with E-state index in [9.17, 15) is 14.9 Å². The molecule has 8 heteroatoms. The minimum atomic E-state index is -0.518. The lowest BCUT2D eigenvalue weighted by Crippen LogP contribution is -2.53. The van der Waals surface area contributed by atoms with Gasteiger partial charge >= 0.3 is 0 Å². The molecule has 8 nitrogen and oxygen atoms in total. The summed E-state index contributed by atoms with van der Waals surface area (Å²) in [6, 6.07) is 3.81. The number of amides is 1. The number of likely N-dealkylation sites (N-methyl/N-ethyl adjacent to an activating group) is 1. The van der Waals surface area contributed by atoms with Gasteiger partial charge in [0.25, 0.3) is 5.69 Å². The van der Waals surface area contributed by atoms with Gasteiger partial charge in [-0.25, -0.2) is 0 Å². The molecule has 1 amide bonds. The molecular weight excluding hydrogens is 264 g/mol. The normalized spacial score (nSPS) is 18.6. The second kappa shape index (κ2) is 5.74. The topological polar surface area (TPSA) is 111 Å². The van der Waals surface area contributed by atoms with Gasteiger partial charge in [0.15, 0.2) is 0 Å². The number of nitro groups is 1. The molecule has 1 fully saturated rings. The molecule has 0 spiro atoms. The van der Waals surface area contributed by atoms with Gasteiger partial charge < -0.3 is 20.7 Å². The number of nitrogens with one attached hydrogen (secondary N) is 1. The summed E-state index contributed by atoms with van der Waals surface area (Å²) in [4.78, 5) is 24.0. The molecule has 0 saturated carbocycles. The molecule has 1 saturated heterocycles. The van der Waals surface area contributed by atoms with Gasteiger partial charge in [-0.15, -0.1) is 0 Å². The van der Waals surface area contributed by atoms with Crippen LogP contribution < -0.4 is 16.0 Å². The summed E-state index contributed by atoms with van der Waals surface area (Å²) in [5.74, 6) is -0.199. The summed E-state index contributed by atoms with van der Waals surface area (Å²) in [6.07, 6.45) is 0. The fourth-order valence-electron chi connectivity index (χ4n) is 2.19. The van der Waals surface area contributed by atoms with Gasteiger partial charge in [-0.3, -0.25) is 14.9 Å². The van der Waals surface area contributed by atoms with Crippen LogP contribution in [0.3, 0.4) is 0 Å². The second-order valence-corrected chi connectivity index (χ2v) is 4.44. The van der Waals surface area contributed by atoms with Crippen LogP contribution in [0.5, 0.6) is 0 Å². The van der Waals surface area contributed by atoms with Crippen molar-refractivity contribution in [2.24, 2.45) is 0 Å². The smallest absolute Gasteiger partial charge is 0.273 e. The van der Waals surface area contributed by atoms with Crippen molar-refractivity contribution in [2.75, 3.05) is 37.4 Å². The average molecular weight is 280 g/mol. The van der Waals surface area contributed by atoms with E-state index in [-0.39, 0.29) is 23.9 Å². The maximum atomic E-state index is 11.9. The van der Waals surface area contributed by atoms with Gasteiger partial charge in [-0.1, -0.05) is 0 Å². The van der Waals surface area contributed by atoms with E-state index in [1.807, 2.05) is 0 Å². The number of carbonyl (C=O) groups excluding carboxylic acids is 1. The van der Waals surface area contributed by atoms with Crippen LogP contribution >= 0.6 is 0 Å². The Balaban J connectivity index is 2.37. The highest BCUT2D eigenvalue weighted by molar-refractivity contribution is 5.85. The van der Waals surface area contributed by atoms with Crippen molar-refractivity contribution in [3.05, 3.63) is 28.3 Å². The molecule has 20 heavy (non-hydrogen) atoms. The van der Waals surface area contributed by atoms with Crippen molar-refractivity contribution in [2.45, 2.75) is 6.04 Å². The Bertz CT molecular complexity index is 534. The van der Waals surface area contributed by atoms with E-state index < -0.39 is 11.0 Å². The lowest BCUT2D eigenvalue weighted by Gasteiger charge is -2.36. The fourth-order valence-corrected chi connectivity index (χ4v) is 2.19. The molecule has 3 N–H and O–H groups in total. The van der Waals surface area contributed by atoms with Crippen molar-refractivity contribution < 1.29 is 14.5 Å². The second-order valence-electron chi connectivity index (χ2n) is 4.44. The highest BCUT2D eigenvalue weighted by Crippen LogP contribution is 2.27. The zero-order valence-electron chi connectivity index (χ0n) is 11.0. The summed E-state index contributed by atoms with van der Waals surface area (Å²) >= 11 is 0. The van der Waals surface area contributed by atoms with Crippen molar-refractivity contribution in [1.82, 2.24) is 5.32 Å². The van der Waals surface area contributed by atoms with Crippen LogP contribution in [0.2, 0.25) is 0 Å². The predicted octanol–water partition coefficient (Wildman–Crippen LogP) is 0.128. The first-order chi connectivity index (χ1) is 9.52. The summed E-state index contributed by atoms with van der Waals surface area (Å²) in [6.45, 7) is 1.16. The van der Waals surface area contributed by atoms with Gasteiger partial charge in [-0.05, 0) is 6.07 Å². The summed E-state index contributed by atoms with van der Waals surface area (Å²) in [5.41, 5.74) is 6.44. The number of nitrogens with two attached hydrogens (primary N) is 1. The molecule has 1 heterocycles. The number of carbonyl (C=O) groups is 1. The number of rotatable bonds is 3. The van der Waals surface area contributed by atoms with Gasteiger partial charge in [0.1, 0.15) is 6.04 Å². The summed E-state index contributed by atoms with van der Waals surface area (Å²) in [7, 11) is 1.54. The predicted molar refractivity (Wildman–Crippen MR) is 73.5 cm³/mol. The number of nitrogens with zero attached hydrogens (tertiary/aromatic N) is 2. The van der Waals surface area contributed by atoms with Gasteiger partial charge in [0, 0.05) is 37.1 Å². The first-order valence-corrected chi connectivity index (χ1v) is 6.14. The first-order valence-electron chi connectivity index (χ1n) is 6.14. The molecule has 1 unspecified atom stereocenters. The van der Waals surface area contributed by atoms with Crippen LogP contribution in [0.15, 0.2) is 18.2 Å². The number of anilines is 2. The number of benzene rings is 1. The molecule has 0 aliphatic carbocycles. The number of non-ortho nitro benzene ring substituents is 1. The van der Waals surface area contributed by atoms with Crippen LogP contribution in [0.25, 0.3) is 0 Å². The Morgan fingerprint density at radius 3 is 2.95 bits per heavy atom. The Morgan fingerprint density at radius 1 is 1.55 bits per heavy atom.